The third-order valence-corrected chi connectivity index (χ3v) is 3.78. The minimum Gasteiger partial charge on any atom is -0.497 e. The minimum absolute atomic E-state index is 0. The Morgan fingerprint density at radius 3 is 2.39 bits per heavy atom. The van der Waals surface area contributed by atoms with Gasteiger partial charge in [0.1, 0.15) is 11.5 Å². The highest BCUT2D eigenvalue weighted by Crippen LogP contribution is 2.24. The van der Waals surface area contributed by atoms with Crippen LogP contribution in [0, 0.1) is 0 Å². The normalized spacial score (nSPS) is 10.9. The summed E-state index contributed by atoms with van der Waals surface area (Å²) in [6, 6.07) is 9.59. The maximum absolute atomic E-state index is 5.55. The van der Waals surface area contributed by atoms with Crippen molar-refractivity contribution in [2.24, 2.45) is 4.99 Å². The van der Waals surface area contributed by atoms with Gasteiger partial charge in [0.2, 0.25) is 5.88 Å². The van der Waals surface area contributed by atoms with Crippen molar-refractivity contribution in [3.05, 3.63) is 47.7 Å². The molecule has 28 heavy (non-hydrogen) atoms. The van der Waals surface area contributed by atoms with Gasteiger partial charge in [-0.3, -0.25) is 4.99 Å². The zero-order valence-corrected chi connectivity index (χ0v) is 19.3. The van der Waals surface area contributed by atoms with E-state index < -0.39 is 0 Å². The average molecular weight is 500 g/mol. The summed E-state index contributed by atoms with van der Waals surface area (Å²) in [4.78, 5) is 8.55. The third kappa shape index (κ3) is 7.41. The van der Waals surface area contributed by atoms with E-state index in [0.29, 0.717) is 24.9 Å². The lowest BCUT2D eigenvalue weighted by atomic mass is 10.2. The van der Waals surface area contributed by atoms with E-state index in [9.17, 15) is 0 Å². The van der Waals surface area contributed by atoms with E-state index in [-0.39, 0.29) is 30.1 Å². The smallest absolute Gasteiger partial charge is 0.213 e. The Hall–Kier alpha value is -2.23. The second kappa shape index (κ2) is 12.3. The summed E-state index contributed by atoms with van der Waals surface area (Å²) >= 11 is 0. The molecule has 0 saturated carbocycles. The predicted molar refractivity (Wildman–Crippen MR) is 122 cm³/mol. The van der Waals surface area contributed by atoms with Crippen molar-refractivity contribution in [2.75, 3.05) is 21.3 Å². The molecule has 0 radical (unpaired) electrons. The summed E-state index contributed by atoms with van der Waals surface area (Å²) in [5, 5.41) is 6.55. The number of halogens is 1. The molecule has 1 aromatic heterocycles. The number of rotatable bonds is 8. The molecular formula is C20H29IN4O3. The molecule has 0 unspecified atom stereocenters. The molecule has 0 fully saturated rings. The Kier molecular flexibility index (Phi) is 10.4. The summed E-state index contributed by atoms with van der Waals surface area (Å²) in [5.41, 5.74) is 2.05. The van der Waals surface area contributed by atoms with Crippen LogP contribution >= 0.6 is 24.0 Å². The monoisotopic (exact) mass is 500 g/mol. The molecule has 0 saturated heterocycles. The summed E-state index contributed by atoms with van der Waals surface area (Å²) in [6.07, 6.45) is 1.91. The number of benzene rings is 1. The zero-order chi connectivity index (χ0) is 19.6. The lowest BCUT2D eigenvalue weighted by Crippen LogP contribution is -2.36. The van der Waals surface area contributed by atoms with Gasteiger partial charge in [0.05, 0.1) is 20.3 Å². The molecule has 0 amide bonds. The number of ether oxygens (including phenoxy) is 3. The van der Waals surface area contributed by atoms with Crippen molar-refractivity contribution >= 4 is 29.9 Å². The lowest BCUT2D eigenvalue weighted by molar-refractivity contribution is 0.232. The average Bonchev–Trinajstić information content (AvgIpc) is 2.68. The van der Waals surface area contributed by atoms with Crippen molar-refractivity contribution < 1.29 is 14.2 Å². The molecule has 0 atom stereocenters. The topological polar surface area (TPSA) is 77.0 Å². The van der Waals surface area contributed by atoms with Gasteiger partial charge in [-0.05, 0) is 31.5 Å². The van der Waals surface area contributed by atoms with E-state index in [0.717, 1.165) is 22.6 Å². The highest BCUT2D eigenvalue weighted by molar-refractivity contribution is 14.0. The van der Waals surface area contributed by atoms with E-state index >= 15 is 0 Å². The summed E-state index contributed by atoms with van der Waals surface area (Å²) in [5.74, 6) is 2.84. The molecule has 8 heteroatoms. The second-order valence-corrected chi connectivity index (χ2v) is 6.13. The van der Waals surface area contributed by atoms with Crippen LogP contribution in [0.2, 0.25) is 0 Å². The van der Waals surface area contributed by atoms with Crippen LogP contribution in [0.1, 0.15) is 25.0 Å². The minimum atomic E-state index is 0. The van der Waals surface area contributed by atoms with Crippen molar-refractivity contribution in [1.29, 1.82) is 0 Å². The van der Waals surface area contributed by atoms with Crippen molar-refractivity contribution in [2.45, 2.75) is 33.0 Å². The molecule has 1 heterocycles. The molecule has 0 aliphatic carbocycles. The Morgan fingerprint density at radius 2 is 1.82 bits per heavy atom. The maximum atomic E-state index is 5.55. The predicted octanol–water partition coefficient (Wildman–Crippen LogP) is 3.37. The van der Waals surface area contributed by atoms with E-state index in [1.54, 1.807) is 27.5 Å². The number of nitrogens with zero attached hydrogens (tertiary/aromatic N) is 2. The molecule has 2 N–H and O–H groups in total. The SMILES string of the molecule is CN=C(NCc1ccc(OC(C)C)nc1)NCc1ccc(OC)cc1OC.I. The first kappa shape index (κ1) is 23.8. The van der Waals surface area contributed by atoms with Gasteiger partial charge in [-0.15, -0.1) is 24.0 Å². The Bertz CT molecular complexity index is 752. The van der Waals surface area contributed by atoms with Crippen LogP contribution in [-0.4, -0.2) is 38.3 Å². The van der Waals surface area contributed by atoms with Crippen LogP contribution in [0.3, 0.4) is 0 Å². The number of aromatic nitrogens is 1. The van der Waals surface area contributed by atoms with Crippen LogP contribution in [0.15, 0.2) is 41.5 Å². The van der Waals surface area contributed by atoms with Gasteiger partial charge >= 0.3 is 0 Å². The third-order valence-electron chi connectivity index (χ3n) is 3.78. The van der Waals surface area contributed by atoms with Crippen molar-refractivity contribution in [3.63, 3.8) is 0 Å². The quantitative estimate of drug-likeness (QED) is 0.329. The van der Waals surface area contributed by atoms with Gasteiger partial charge in [-0.25, -0.2) is 4.98 Å². The Balaban J connectivity index is 0.00000392. The van der Waals surface area contributed by atoms with Gasteiger partial charge in [-0.1, -0.05) is 6.07 Å². The summed E-state index contributed by atoms with van der Waals surface area (Å²) < 4.78 is 16.2. The fraction of sp³-hybridized carbons (Fsp3) is 0.400. The molecular weight excluding hydrogens is 471 g/mol. The van der Waals surface area contributed by atoms with E-state index in [2.05, 4.69) is 20.6 Å². The van der Waals surface area contributed by atoms with Crippen LogP contribution in [0.4, 0.5) is 0 Å². The number of nitrogens with one attached hydrogen (secondary N) is 2. The van der Waals surface area contributed by atoms with E-state index in [4.69, 9.17) is 14.2 Å². The number of aliphatic imine (C=N–C) groups is 1. The van der Waals surface area contributed by atoms with Crippen LogP contribution in [-0.2, 0) is 13.1 Å². The first-order valence-electron chi connectivity index (χ1n) is 8.82. The highest BCUT2D eigenvalue weighted by Gasteiger charge is 2.07. The molecule has 1 aromatic carbocycles. The van der Waals surface area contributed by atoms with Crippen LogP contribution in [0.5, 0.6) is 17.4 Å². The number of pyridine rings is 1. The largest absolute Gasteiger partial charge is 0.497 e. The molecule has 154 valence electrons. The molecule has 7 nitrogen and oxygen atoms in total. The number of methoxy groups -OCH3 is 2. The van der Waals surface area contributed by atoms with Gasteiger partial charge < -0.3 is 24.8 Å². The van der Waals surface area contributed by atoms with Gasteiger partial charge in [0.25, 0.3) is 0 Å². The van der Waals surface area contributed by atoms with Crippen LogP contribution < -0.4 is 24.8 Å². The number of guanidine groups is 1. The Morgan fingerprint density at radius 1 is 1.07 bits per heavy atom. The first-order valence-corrected chi connectivity index (χ1v) is 8.82. The maximum Gasteiger partial charge on any atom is 0.213 e. The number of hydrogen-bond donors (Lipinski definition) is 2. The molecule has 0 aliphatic rings. The van der Waals surface area contributed by atoms with Gasteiger partial charge in [0.15, 0.2) is 5.96 Å². The Labute approximate surface area is 183 Å². The second-order valence-electron chi connectivity index (χ2n) is 6.13. The van der Waals surface area contributed by atoms with Gasteiger partial charge in [0, 0.05) is 44.0 Å². The molecule has 0 bridgehead atoms. The van der Waals surface area contributed by atoms with Crippen molar-refractivity contribution in [1.82, 2.24) is 15.6 Å². The standard InChI is InChI=1S/C20H28N4O3.HI/c1-14(2)27-19-9-6-15(11-22-19)12-23-20(21-3)24-13-16-7-8-17(25-4)10-18(16)26-5;/h6-11,14H,12-13H2,1-5H3,(H2,21,23,24);1H. The molecule has 0 aliphatic heterocycles. The van der Waals surface area contributed by atoms with Crippen molar-refractivity contribution in [3.8, 4) is 17.4 Å². The first-order chi connectivity index (χ1) is 13.0. The van der Waals surface area contributed by atoms with E-state index in [1.165, 1.54) is 0 Å². The fourth-order valence-electron chi connectivity index (χ4n) is 2.41. The fourth-order valence-corrected chi connectivity index (χ4v) is 2.41. The zero-order valence-electron chi connectivity index (χ0n) is 17.0. The lowest BCUT2D eigenvalue weighted by Gasteiger charge is -2.14. The van der Waals surface area contributed by atoms with Crippen LogP contribution in [0.25, 0.3) is 0 Å². The highest BCUT2D eigenvalue weighted by atomic mass is 127. The summed E-state index contributed by atoms with van der Waals surface area (Å²) in [6.45, 7) is 5.13. The molecule has 2 rings (SSSR count). The molecule has 2 aromatic rings. The van der Waals surface area contributed by atoms with Gasteiger partial charge in [-0.2, -0.15) is 0 Å². The molecule has 0 spiro atoms. The van der Waals surface area contributed by atoms with E-state index in [1.807, 2.05) is 44.2 Å². The summed E-state index contributed by atoms with van der Waals surface area (Å²) in [7, 11) is 5.01. The number of hydrogen-bond acceptors (Lipinski definition) is 5.